The summed E-state index contributed by atoms with van der Waals surface area (Å²) >= 11 is 1.67. The lowest BCUT2D eigenvalue weighted by Gasteiger charge is -2.21. The highest BCUT2D eigenvalue weighted by atomic mass is 32.1. The van der Waals surface area contributed by atoms with Crippen molar-refractivity contribution >= 4 is 33.3 Å². The molecular formula is C14H20N4OS. The number of thiophene rings is 1. The molecule has 0 bridgehead atoms. The van der Waals surface area contributed by atoms with Crippen LogP contribution in [0.2, 0.25) is 0 Å². The highest BCUT2D eigenvalue weighted by Crippen LogP contribution is 2.29. The molecule has 2 N–H and O–H groups in total. The Hall–Kier alpha value is -1.69. The van der Waals surface area contributed by atoms with Gasteiger partial charge >= 0.3 is 0 Å². The molecule has 2 rings (SSSR count). The van der Waals surface area contributed by atoms with E-state index in [1.165, 1.54) is 4.88 Å². The average Bonchev–Trinajstić information content (AvgIpc) is 2.87. The van der Waals surface area contributed by atoms with E-state index in [-0.39, 0.29) is 17.9 Å². The van der Waals surface area contributed by atoms with Crippen LogP contribution >= 0.6 is 11.3 Å². The predicted octanol–water partition coefficient (Wildman–Crippen LogP) is 2.44. The molecule has 0 fully saturated rings. The van der Waals surface area contributed by atoms with Crippen molar-refractivity contribution in [3.63, 3.8) is 0 Å². The summed E-state index contributed by atoms with van der Waals surface area (Å²) in [5.74, 6) is 0.871. The molecular weight excluding hydrogens is 272 g/mol. The van der Waals surface area contributed by atoms with Gasteiger partial charge in [0, 0.05) is 11.9 Å². The van der Waals surface area contributed by atoms with Crippen molar-refractivity contribution in [1.29, 1.82) is 0 Å². The summed E-state index contributed by atoms with van der Waals surface area (Å²) < 4.78 is 0. The van der Waals surface area contributed by atoms with E-state index in [1.54, 1.807) is 24.7 Å². The van der Waals surface area contributed by atoms with E-state index in [0.717, 1.165) is 22.5 Å². The normalized spacial score (nSPS) is 12.7. The Kier molecular flexibility index (Phi) is 4.54. The third-order valence-electron chi connectivity index (χ3n) is 3.22. The molecule has 0 aliphatic carbocycles. The van der Waals surface area contributed by atoms with Gasteiger partial charge in [0.15, 0.2) is 0 Å². The number of fused-ring (bicyclic) bond motifs is 1. The van der Waals surface area contributed by atoms with Crippen LogP contribution in [0, 0.1) is 5.92 Å². The number of nitrogens with zero attached hydrogens (tertiary/aromatic N) is 2. The monoisotopic (exact) mass is 292 g/mol. The molecule has 2 aromatic rings. The Balaban J connectivity index is 2.36. The lowest BCUT2D eigenvalue weighted by Crippen LogP contribution is -2.41. The number of carbonyl (C=O) groups excluding carboxylic acids is 1. The first-order valence-corrected chi connectivity index (χ1v) is 7.60. The number of aromatic nitrogens is 2. The number of amides is 1. The molecule has 1 atom stereocenters. The van der Waals surface area contributed by atoms with Gasteiger partial charge in [0.25, 0.3) is 0 Å². The van der Waals surface area contributed by atoms with Crippen molar-refractivity contribution in [2.45, 2.75) is 33.2 Å². The number of aryl methyl sites for hydroxylation is 1. The summed E-state index contributed by atoms with van der Waals surface area (Å²) in [6.07, 6.45) is 2.52. The van der Waals surface area contributed by atoms with Gasteiger partial charge in [-0.05, 0) is 18.4 Å². The minimum Gasteiger partial charge on any atom is -0.358 e. The van der Waals surface area contributed by atoms with Gasteiger partial charge in [-0.1, -0.05) is 20.8 Å². The maximum Gasteiger partial charge on any atom is 0.242 e. The summed E-state index contributed by atoms with van der Waals surface area (Å²) in [4.78, 5) is 22.8. The van der Waals surface area contributed by atoms with Crippen molar-refractivity contribution in [3.8, 4) is 0 Å². The number of hydrogen-bond acceptors (Lipinski definition) is 5. The van der Waals surface area contributed by atoms with Crippen molar-refractivity contribution in [2.24, 2.45) is 5.92 Å². The highest BCUT2D eigenvalue weighted by molar-refractivity contribution is 7.18. The molecule has 0 aliphatic heterocycles. The third-order valence-corrected chi connectivity index (χ3v) is 4.40. The SMILES string of the molecule is CCc1cc2c(NC(C(=O)NC)C(C)C)ncnc2s1. The third kappa shape index (κ3) is 2.90. The van der Waals surface area contributed by atoms with E-state index in [1.807, 2.05) is 13.8 Å². The van der Waals surface area contributed by atoms with Gasteiger partial charge < -0.3 is 10.6 Å². The van der Waals surface area contributed by atoms with Gasteiger partial charge in [0.1, 0.15) is 23.0 Å². The van der Waals surface area contributed by atoms with Crippen LogP contribution in [-0.2, 0) is 11.2 Å². The summed E-state index contributed by atoms with van der Waals surface area (Å²) in [7, 11) is 1.65. The molecule has 6 heteroatoms. The van der Waals surface area contributed by atoms with Crippen molar-refractivity contribution in [3.05, 3.63) is 17.3 Å². The molecule has 2 heterocycles. The fourth-order valence-electron chi connectivity index (χ4n) is 2.03. The second-order valence-corrected chi connectivity index (χ2v) is 6.10. The van der Waals surface area contributed by atoms with Crippen LogP contribution in [0.25, 0.3) is 10.2 Å². The van der Waals surface area contributed by atoms with Crippen LogP contribution < -0.4 is 10.6 Å². The maximum absolute atomic E-state index is 11.9. The van der Waals surface area contributed by atoms with E-state index >= 15 is 0 Å². The van der Waals surface area contributed by atoms with Crippen LogP contribution in [0.5, 0.6) is 0 Å². The van der Waals surface area contributed by atoms with Gasteiger partial charge in [-0.25, -0.2) is 9.97 Å². The minimum absolute atomic E-state index is 0.0299. The molecule has 108 valence electrons. The first-order valence-electron chi connectivity index (χ1n) is 6.78. The molecule has 2 aromatic heterocycles. The van der Waals surface area contributed by atoms with Crippen molar-refractivity contribution in [2.75, 3.05) is 12.4 Å². The first kappa shape index (κ1) is 14.7. The lowest BCUT2D eigenvalue weighted by molar-refractivity contribution is -0.122. The molecule has 0 spiro atoms. The van der Waals surface area contributed by atoms with Crippen LogP contribution in [0.3, 0.4) is 0 Å². The van der Waals surface area contributed by atoms with Gasteiger partial charge in [-0.15, -0.1) is 11.3 Å². The van der Waals surface area contributed by atoms with Crippen LogP contribution in [0.1, 0.15) is 25.6 Å². The quantitative estimate of drug-likeness (QED) is 0.888. The number of likely N-dealkylation sites (N-methyl/N-ethyl adjacent to an activating group) is 1. The summed E-state index contributed by atoms with van der Waals surface area (Å²) in [5.41, 5.74) is 0. The Morgan fingerprint density at radius 2 is 2.15 bits per heavy atom. The van der Waals surface area contributed by atoms with Crippen LogP contribution in [0.4, 0.5) is 5.82 Å². The molecule has 1 amide bonds. The van der Waals surface area contributed by atoms with Crippen molar-refractivity contribution < 1.29 is 4.79 Å². The second kappa shape index (κ2) is 6.17. The van der Waals surface area contributed by atoms with Gasteiger partial charge in [0.2, 0.25) is 5.91 Å². The number of nitrogens with one attached hydrogen (secondary N) is 2. The zero-order valence-electron chi connectivity index (χ0n) is 12.2. The van der Waals surface area contributed by atoms with Crippen LogP contribution in [-0.4, -0.2) is 29.0 Å². The molecule has 20 heavy (non-hydrogen) atoms. The fourth-order valence-corrected chi connectivity index (χ4v) is 2.97. The van der Waals surface area contributed by atoms with E-state index < -0.39 is 0 Å². The highest BCUT2D eigenvalue weighted by Gasteiger charge is 2.22. The summed E-state index contributed by atoms with van der Waals surface area (Å²) in [6.45, 7) is 6.14. The number of carbonyl (C=O) groups is 1. The molecule has 0 radical (unpaired) electrons. The van der Waals surface area contributed by atoms with Crippen molar-refractivity contribution in [1.82, 2.24) is 15.3 Å². The largest absolute Gasteiger partial charge is 0.358 e. The molecule has 1 unspecified atom stereocenters. The minimum atomic E-state index is -0.303. The average molecular weight is 292 g/mol. The van der Waals surface area contributed by atoms with Crippen LogP contribution in [0.15, 0.2) is 12.4 Å². The Bertz CT molecular complexity index is 608. The Labute approximate surface area is 122 Å². The molecule has 0 saturated carbocycles. The maximum atomic E-state index is 11.9. The van der Waals surface area contributed by atoms with E-state index in [2.05, 4.69) is 33.6 Å². The molecule has 0 aromatic carbocycles. The van der Waals surface area contributed by atoms with E-state index in [4.69, 9.17) is 0 Å². The zero-order chi connectivity index (χ0) is 14.7. The fraction of sp³-hybridized carbons (Fsp3) is 0.500. The lowest BCUT2D eigenvalue weighted by atomic mass is 10.0. The van der Waals surface area contributed by atoms with E-state index in [0.29, 0.717) is 0 Å². The molecule has 5 nitrogen and oxygen atoms in total. The topological polar surface area (TPSA) is 66.9 Å². The summed E-state index contributed by atoms with van der Waals surface area (Å²) in [5, 5.41) is 6.93. The van der Waals surface area contributed by atoms with Gasteiger partial charge in [-0.3, -0.25) is 4.79 Å². The Morgan fingerprint density at radius 1 is 1.40 bits per heavy atom. The second-order valence-electron chi connectivity index (χ2n) is 4.99. The Morgan fingerprint density at radius 3 is 2.75 bits per heavy atom. The van der Waals surface area contributed by atoms with E-state index in [9.17, 15) is 4.79 Å². The predicted molar refractivity (Wildman–Crippen MR) is 83.1 cm³/mol. The number of rotatable bonds is 5. The van der Waals surface area contributed by atoms with Gasteiger partial charge in [0.05, 0.1) is 5.39 Å². The zero-order valence-corrected chi connectivity index (χ0v) is 13.0. The number of anilines is 1. The van der Waals surface area contributed by atoms with Gasteiger partial charge in [-0.2, -0.15) is 0 Å². The summed E-state index contributed by atoms with van der Waals surface area (Å²) in [6, 6.07) is 1.80. The number of hydrogen-bond donors (Lipinski definition) is 2. The smallest absolute Gasteiger partial charge is 0.242 e. The molecule has 0 saturated heterocycles. The standard InChI is InChI=1S/C14H20N4OS/c1-5-9-6-10-12(16-7-17-14(10)20-9)18-11(8(2)3)13(19)15-4/h6-8,11H,5H2,1-4H3,(H,15,19)(H,16,17,18). The molecule has 0 aliphatic rings. The first-order chi connectivity index (χ1) is 9.56.